The van der Waals surface area contributed by atoms with Gasteiger partial charge in [-0.05, 0) is 21.0 Å². The molecule has 11 heavy (non-hydrogen) atoms. The number of allylic oxidation sites excluding steroid dienone is 1. The molecule has 1 rings (SSSR count). The molecule has 1 aliphatic rings. The molecule has 1 saturated heterocycles. The Balaban J connectivity index is 2.47. The number of hydrogen-bond donors (Lipinski definition) is 0. The van der Waals surface area contributed by atoms with Crippen LogP contribution in [-0.4, -0.2) is 49.6 Å². The van der Waals surface area contributed by atoms with Crippen molar-refractivity contribution in [3.63, 3.8) is 0 Å². The fraction of sp³-hybridized carbons (Fsp3) is 0.778. The molecule has 1 fully saturated rings. The van der Waals surface area contributed by atoms with Crippen LogP contribution in [0.5, 0.6) is 0 Å². The van der Waals surface area contributed by atoms with Crippen LogP contribution < -0.4 is 0 Å². The van der Waals surface area contributed by atoms with Gasteiger partial charge in [0.15, 0.2) is 0 Å². The highest BCUT2D eigenvalue weighted by molar-refractivity contribution is 4.95. The minimum atomic E-state index is 0.624. The summed E-state index contributed by atoms with van der Waals surface area (Å²) in [6, 6.07) is 0.624. The quantitative estimate of drug-likeness (QED) is 0.516. The highest BCUT2D eigenvalue weighted by Gasteiger charge is 2.18. The third-order valence-electron chi connectivity index (χ3n) is 2.31. The highest BCUT2D eigenvalue weighted by Crippen LogP contribution is 2.06. The van der Waals surface area contributed by atoms with Crippen LogP contribution in [0.15, 0.2) is 12.2 Å². The molecule has 0 bridgehead atoms. The van der Waals surface area contributed by atoms with Crippen molar-refractivity contribution < 1.29 is 0 Å². The van der Waals surface area contributed by atoms with E-state index >= 15 is 0 Å². The Bertz CT molecular complexity index is 142. The summed E-state index contributed by atoms with van der Waals surface area (Å²) in [5.41, 5.74) is 0. The molecule has 2 heteroatoms. The zero-order chi connectivity index (χ0) is 8.27. The van der Waals surface area contributed by atoms with Crippen LogP contribution in [0.4, 0.5) is 0 Å². The Morgan fingerprint density at radius 3 is 2.64 bits per heavy atom. The zero-order valence-corrected chi connectivity index (χ0v) is 7.75. The minimum Gasteiger partial charge on any atom is -0.303 e. The predicted octanol–water partition coefficient (Wildman–Crippen LogP) is 0.808. The summed E-state index contributed by atoms with van der Waals surface area (Å²) >= 11 is 0. The molecule has 2 nitrogen and oxygen atoms in total. The van der Waals surface area contributed by atoms with Gasteiger partial charge in [-0.3, -0.25) is 4.90 Å². The molecule has 0 amide bonds. The zero-order valence-electron chi connectivity index (χ0n) is 7.75. The highest BCUT2D eigenvalue weighted by atomic mass is 15.3. The third-order valence-corrected chi connectivity index (χ3v) is 2.31. The molecule has 0 aliphatic carbocycles. The minimum absolute atomic E-state index is 0.624. The number of piperazine rings is 1. The summed E-state index contributed by atoms with van der Waals surface area (Å²) in [4.78, 5) is 4.78. The van der Waals surface area contributed by atoms with E-state index in [-0.39, 0.29) is 0 Å². The second-order valence-electron chi connectivity index (χ2n) is 3.34. The lowest BCUT2D eigenvalue weighted by Crippen LogP contribution is -2.48. The first-order valence-electron chi connectivity index (χ1n) is 4.25. The maximum atomic E-state index is 2.40. The van der Waals surface area contributed by atoms with Crippen molar-refractivity contribution in [3.05, 3.63) is 12.2 Å². The van der Waals surface area contributed by atoms with E-state index in [1.54, 1.807) is 0 Å². The summed E-state index contributed by atoms with van der Waals surface area (Å²) in [5, 5.41) is 0. The van der Waals surface area contributed by atoms with Crippen molar-refractivity contribution in [1.82, 2.24) is 9.80 Å². The molecule has 0 aromatic heterocycles. The van der Waals surface area contributed by atoms with Gasteiger partial charge in [0.25, 0.3) is 0 Å². The van der Waals surface area contributed by atoms with Gasteiger partial charge in [-0.2, -0.15) is 0 Å². The first-order chi connectivity index (χ1) is 5.24. The Hall–Kier alpha value is -0.340. The molecule has 0 N–H and O–H groups in total. The second-order valence-corrected chi connectivity index (χ2v) is 3.34. The summed E-state index contributed by atoms with van der Waals surface area (Å²) in [5.74, 6) is 0. The van der Waals surface area contributed by atoms with Crippen LogP contribution in [0.3, 0.4) is 0 Å². The number of hydrogen-bond acceptors (Lipinski definition) is 2. The van der Waals surface area contributed by atoms with E-state index < -0.39 is 0 Å². The van der Waals surface area contributed by atoms with Gasteiger partial charge in [-0.1, -0.05) is 12.2 Å². The predicted molar refractivity (Wildman–Crippen MR) is 48.7 cm³/mol. The van der Waals surface area contributed by atoms with E-state index in [9.17, 15) is 0 Å². The second kappa shape index (κ2) is 3.88. The van der Waals surface area contributed by atoms with Gasteiger partial charge in [0.1, 0.15) is 0 Å². The van der Waals surface area contributed by atoms with Gasteiger partial charge in [0.05, 0.1) is 0 Å². The van der Waals surface area contributed by atoms with Crippen molar-refractivity contribution in [2.45, 2.75) is 13.0 Å². The number of likely N-dealkylation sites (N-methyl/N-ethyl adjacent to an activating group) is 2. The Morgan fingerprint density at radius 1 is 1.27 bits per heavy atom. The van der Waals surface area contributed by atoms with Gasteiger partial charge >= 0.3 is 0 Å². The van der Waals surface area contributed by atoms with E-state index in [2.05, 4.69) is 43.0 Å². The van der Waals surface area contributed by atoms with Gasteiger partial charge in [-0.15, -0.1) is 0 Å². The fourth-order valence-corrected chi connectivity index (χ4v) is 1.47. The van der Waals surface area contributed by atoms with Gasteiger partial charge in [-0.25, -0.2) is 0 Å². The van der Waals surface area contributed by atoms with Crippen LogP contribution in [-0.2, 0) is 0 Å². The molecule has 1 heterocycles. The fourth-order valence-electron chi connectivity index (χ4n) is 1.47. The van der Waals surface area contributed by atoms with Crippen molar-refractivity contribution >= 4 is 0 Å². The van der Waals surface area contributed by atoms with E-state index in [1.807, 2.05) is 0 Å². The molecular formula is C9H18N2. The first-order valence-corrected chi connectivity index (χ1v) is 4.25. The Kier molecular flexibility index (Phi) is 3.09. The molecule has 1 aliphatic heterocycles. The topological polar surface area (TPSA) is 6.48 Å². The lowest BCUT2D eigenvalue weighted by molar-refractivity contribution is 0.141. The summed E-state index contributed by atoms with van der Waals surface area (Å²) < 4.78 is 0. The average Bonchev–Trinajstić information content (AvgIpc) is 1.98. The molecule has 0 radical (unpaired) electrons. The van der Waals surface area contributed by atoms with Crippen LogP contribution >= 0.6 is 0 Å². The van der Waals surface area contributed by atoms with Crippen molar-refractivity contribution in [1.29, 1.82) is 0 Å². The Labute approximate surface area is 69.5 Å². The summed E-state index contributed by atoms with van der Waals surface area (Å²) in [7, 11) is 4.38. The lowest BCUT2D eigenvalue weighted by Gasteiger charge is -2.36. The largest absolute Gasteiger partial charge is 0.303 e. The summed E-state index contributed by atoms with van der Waals surface area (Å²) in [6.45, 7) is 5.64. The normalized spacial score (nSPS) is 29.9. The van der Waals surface area contributed by atoms with Crippen LogP contribution in [0.1, 0.15) is 6.92 Å². The Morgan fingerprint density at radius 2 is 2.00 bits per heavy atom. The van der Waals surface area contributed by atoms with Crippen molar-refractivity contribution in [3.8, 4) is 0 Å². The van der Waals surface area contributed by atoms with Gasteiger partial charge in [0, 0.05) is 25.7 Å². The van der Waals surface area contributed by atoms with E-state index in [0.717, 1.165) is 0 Å². The molecule has 0 aromatic carbocycles. The monoisotopic (exact) mass is 154 g/mol. The summed E-state index contributed by atoms with van der Waals surface area (Å²) in [6.07, 6.45) is 4.41. The number of rotatable bonds is 1. The van der Waals surface area contributed by atoms with Gasteiger partial charge in [0.2, 0.25) is 0 Å². The molecule has 0 spiro atoms. The maximum absolute atomic E-state index is 2.40. The van der Waals surface area contributed by atoms with Crippen molar-refractivity contribution in [2.75, 3.05) is 33.7 Å². The van der Waals surface area contributed by atoms with E-state index in [0.29, 0.717) is 6.04 Å². The average molecular weight is 154 g/mol. The van der Waals surface area contributed by atoms with Crippen LogP contribution in [0.25, 0.3) is 0 Å². The standard InChI is InChI=1S/C9H18N2/c1-4-5-9-8-10(2)6-7-11(9)3/h4-5,9H,6-8H2,1-3H3. The van der Waals surface area contributed by atoms with E-state index in [4.69, 9.17) is 0 Å². The molecule has 0 aromatic rings. The molecule has 64 valence electrons. The van der Waals surface area contributed by atoms with Crippen LogP contribution in [0.2, 0.25) is 0 Å². The van der Waals surface area contributed by atoms with Crippen LogP contribution in [0, 0.1) is 0 Å². The third kappa shape index (κ3) is 2.31. The molecule has 1 unspecified atom stereocenters. The maximum Gasteiger partial charge on any atom is 0.0402 e. The first kappa shape index (κ1) is 8.75. The SMILES string of the molecule is CC=CC1CN(C)CCN1C. The lowest BCUT2D eigenvalue weighted by atomic mass is 10.2. The van der Waals surface area contributed by atoms with E-state index in [1.165, 1.54) is 19.6 Å². The number of nitrogens with zero attached hydrogens (tertiary/aromatic N) is 2. The molecular weight excluding hydrogens is 136 g/mol. The smallest absolute Gasteiger partial charge is 0.0402 e. The molecule has 1 atom stereocenters. The van der Waals surface area contributed by atoms with Crippen molar-refractivity contribution in [2.24, 2.45) is 0 Å². The molecule has 0 saturated carbocycles. The van der Waals surface area contributed by atoms with Gasteiger partial charge < -0.3 is 4.90 Å².